The van der Waals surface area contributed by atoms with Crippen molar-refractivity contribution in [1.29, 1.82) is 0 Å². The van der Waals surface area contributed by atoms with Crippen LogP contribution in [0, 0.1) is 5.92 Å². The quantitative estimate of drug-likeness (QED) is 0.0572. The molecule has 1 aliphatic carbocycles. The second kappa shape index (κ2) is 18.4. The predicted octanol–water partition coefficient (Wildman–Crippen LogP) is 10.3. The van der Waals surface area contributed by atoms with Crippen LogP contribution in [-0.2, 0) is 29.1 Å². The highest BCUT2D eigenvalue weighted by atomic mass is 16.8. The van der Waals surface area contributed by atoms with Crippen LogP contribution in [-0.4, -0.2) is 96.8 Å². The van der Waals surface area contributed by atoms with Gasteiger partial charge in [-0.3, -0.25) is 0 Å². The van der Waals surface area contributed by atoms with Crippen LogP contribution < -0.4 is 28.4 Å². The summed E-state index contributed by atoms with van der Waals surface area (Å²) in [6, 6.07) is 42.5. The molecule has 6 fully saturated rings. The fourth-order valence-corrected chi connectivity index (χ4v) is 8.37. The first kappa shape index (κ1) is 43.2. The first-order chi connectivity index (χ1) is 33.3. The van der Waals surface area contributed by atoms with Gasteiger partial charge in [-0.25, -0.2) is 0 Å². The van der Waals surface area contributed by atoms with Gasteiger partial charge < -0.3 is 52.1 Å². The molecule has 5 atom stereocenters. The summed E-state index contributed by atoms with van der Waals surface area (Å²) in [6.45, 7) is 10.8. The Morgan fingerprint density at radius 1 is 0.397 bits per heavy atom. The van der Waals surface area contributed by atoms with Crippen molar-refractivity contribution < 1.29 is 52.1 Å². The Kier molecular flexibility index (Phi) is 11.7. The molecule has 0 aromatic heterocycles. The molecule has 68 heavy (non-hydrogen) atoms. The van der Waals surface area contributed by atoms with Crippen molar-refractivity contribution in [1.82, 2.24) is 0 Å². The third-order valence-corrected chi connectivity index (χ3v) is 13.3. The Morgan fingerprint density at radius 3 is 1.01 bits per heavy atom. The van der Waals surface area contributed by atoms with Gasteiger partial charge in [-0.15, -0.1) is 0 Å². The van der Waals surface area contributed by atoms with Crippen molar-refractivity contribution in [2.75, 3.05) is 66.1 Å². The van der Waals surface area contributed by atoms with Crippen LogP contribution >= 0.6 is 0 Å². The molecule has 12 rings (SSSR count). The topological polar surface area (TPSA) is 118 Å². The maximum Gasteiger partial charge on any atom is 0.223 e. The fraction of sp³-hybridized carbons (Fsp3) is 0.368. The third-order valence-electron chi connectivity index (χ3n) is 13.3. The van der Waals surface area contributed by atoms with Gasteiger partial charge in [0, 0.05) is 27.7 Å². The van der Waals surface area contributed by atoms with Crippen LogP contribution in [0.25, 0.3) is 44.5 Å². The van der Waals surface area contributed by atoms with Crippen LogP contribution in [0.2, 0.25) is 0 Å². The van der Waals surface area contributed by atoms with Gasteiger partial charge in [0.05, 0.1) is 33.0 Å². The van der Waals surface area contributed by atoms with E-state index in [9.17, 15) is 0 Å². The van der Waals surface area contributed by atoms with Crippen molar-refractivity contribution in [3.8, 4) is 79.0 Å². The molecule has 0 radical (unpaired) electrons. The minimum atomic E-state index is -0.555. The Labute approximate surface area is 397 Å². The van der Waals surface area contributed by atoms with E-state index in [1.165, 1.54) is 12.8 Å². The molecule has 0 N–H and O–H groups in total. The van der Waals surface area contributed by atoms with Gasteiger partial charge in [0.15, 0.2) is 0 Å². The Morgan fingerprint density at radius 2 is 0.706 bits per heavy atom. The summed E-state index contributed by atoms with van der Waals surface area (Å²) >= 11 is 0. The van der Waals surface area contributed by atoms with Gasteiger partial charge in [-0.2, -0.15) is 0 Å². The Bertz CT molecular complexity index is 2630. The van der Waals surface area contributed by atoms with E-state index < -0.39 is 5.41 Å². The number of hydrogen-bond acceptors (Lipinski definition) is 11. The summed E-state index contributed by atoms with van der Waals surface area (Å²) < 4.78 is 65.3. The van der Waals surface area contributed by atoms with E-state index in [-0.39, 0.29) is 30.7 Å². The number of epoxide rings is 5. The summed E-state index contributed by atoms with van der Waals surface area (Å²) in [5, 5.41) is 0. The van der Waals surface area contributed by atoms with Gasteiger partial charge in [-0.05, 0) is 125 Å². The van der Waals surface area contributed by atoms with E-state index in [0.717, 1.165) is 110 Å². The maximum atomic E-state index is 6.94. The summed E-state index contributed by atoms with van der Waals surface area (Å²) in [5.41, 5.74) is 9.73. The highest BCUT2D eigenvalue weighted by molar-refractivity contribution is 5.86. The molecule has 0 amide bonds. The van der Waals surface area contributed by atoms with Crippen LogP contribution in [0.5, 0.6) is 34.5 Å². The molecule has 6 aromatic carbocycles. The molecule has 5 aliphatic heterocycles. The minimum Gasteiger partial charge on any atom is -0.492 e. The maximum absolute atomic E-state index is 6.94. The average molecular weight is 917 g/mol. The van der Waals surface area contributed by atoms with Crippen LogP contribution in [0.4, 0.5) is 0 Å². The molecule has 350 valence electrons. The lowest BCUT2D eigenvalue weighted by Crippen LogP contribution is -2.20. The molecule has 0 spiro atoms. The lowest BCUT2D eigenvalue weighted by atomic mass is 9.74. The average Bonchev–Trinajstić information content (AvgIpc) is 4.16. The van der Waals surface area contributed by atoms with Crippen molar-refractivity contribution in [3.05, 3.63) is 132 Å². The lowest BCUT2D eigenvalue weighted by Gasteiger charge is -2.31. The van der Waals surface area contributed by atoms with Crippen molar-refractivity contribution in [2.24, 2.45) is 5.92 Å². The largest absolute Gasteiger partial charge is 0.492 e. The van der Waals surface area contributed by atoms with Crippen LogP contribution in [0.15, 0.2) is 121 Å². The van der Waals surface area contributed by atoms with E-state index in [4.69, 9.17) is 52.1 Å². The number of hydrogen-bond donors (Lipinski definition) is 0. The molecule has 11 heteroatoms. The van der Waals surface area contributed by atoms with Crippen LogP contribution in [0.3, 0.4) is 0 Å². The molecule has 0 bridgehead atoms. The van der Waals surface area contributed by atoms with Gasteiger partial charge in [0.2, 0.25) is 6.29 Å². The molecule has 11 nitrogen and oxygen atoms in total. The molecule has 6 aromatic rings. The smallest absolute Gasteiger partial charge is 0.223 e. The van der Waals surface area contributed by atoms with E-state index >= 15 is 0 Å². The molecular weight excluding hydrogens is 861 g/mol. The normalized spacial score (nSPS) is 21.9. The van der Waals surface area contributed by atoms with Gasteiger partial charge in [0.1, 0.15) is 91.9 Å². The van der Waals surface area contributed by atoms with E-state index in [1.54, 1.807) is 0 Å². The van der Waals surface area contributed by atoms with E-state index in [2.05, 4.69) is 86.6 Å². The number of rotatable bonds is 23. The zero-order valence-electron chi connectivity index (χ0n) is 38.5. The second-order valence-corrected chi connectivity index (χ2v) is 19.2. The summed E-state index contributed by atoms with van der Waals surface area (Å²) in [4.78, 5) is 0. The predicted molar refractivity (Wildman–Crippen MR) is 256 cm³/mol. The zero-order valence-corrected chi connectivity index (χ0v) is 38.5. The second-order valence-electron chi connectivity index (χ2n) is 19.2. The molecule has 5 saturated heterocycles. The van der Waals surface area contributed by atoms with E-state index in [0.29, 0.717) is 52.2 Å². The summed E-state index contributed by atoms with van der Waals surface area (Å²) in [6.07, 6.45) is 2.72. The molecule has 5 unspecified atom stereocenters. The molecule has 6 aliphatic rings. The fourth-order valence-electron chi connectivity index (χ4n) is 8.37. The summed E-state index contributed by atoms with van der Waals surface area (Å²) in [5.74, 6) is 5.36. The lowest BCUT2D eigenvalue weighted by molar-refractivity contribution is 0.179. The first-order valence-electron chi connectivity index (χ1n) is 24.0. The standard InChI is InChI=1S/C57H56O11/c1-57(2,40-21-50(36-5-13-42(14-6-36)58-26-46-29-61-46)55(66-25-35-3-4-35)51(22-40)39-11-19-45(20-12-39)68-54-34-65-54)41-23-52(37-7-15-43(16-8-37)59-27-47-30-62-47)56(67-33-49-32-64-49)53(24-41)38-9-17-44(18-10-38)60-28-48-31-63-48/h5-24,35,46-49,54H,3-4,25-34H2,1-2H3. The van der Waals surface area contributed by atoms with E-state index in [1.807, 2.05) is 48.5 Å². The zero-order chi connectivity index (χ0) is 45.6. The highest BCUT2D eigenvalue weighted by Crippen LogP contribution is 2.49. The van der Waals surface area contributed by atoms with Crippen molar-refractivity contribution in [2.45, 2.75) is 62.8 Å². The molecule has 1 saturated carbocycles. The van der Waals surface area contributed by atoms with Crippen molar-refractivity contribution in [3.63, 3.8) is 0 Å². The van der Waals surface area contributed by atoms with Crippen LogP contribution in [0.1, 0.15) is 37.8 Å². The number of benzene rings is 6. The summed E-state index contributed by atoms with van der Waals surface area (Å²) in [7, 11) is 0. The number of ether oxygens (including phenoxy) is 11. The monoisotopic (exact) mass is 916 g/mol. The van der Waals surface area contributed by atoms with Gasteiger partial charge >= 0.3 is 0 Å². The Balaban J connectivity index is 0.990. The molecule has 5 heterocycles. The first-order valence-corrected chi connectivity index (χ1v) is 24.0. The Hall–Kier alpha value is -6.08. The van der Waals surface area contributed by atoms with Gasteiger partial charge in [0.25, 0.3) is 0 Å². The van der Waals surface area contributed by atoms with Gasteiger partial charge in [-0.1, -0.05) is 62.4 Å². The SMILES string of the molecule is CC(C)(c1cc(-c2ccc(OCC3CO3)cc2)c(OCC2CC2)c(-c2ccc(OC3CO3)cc2)c1)c1cc(-c2ccc(OCC3CO3)cc2)c(OCC2CO2)c(-c2ccc(OCC3CO3)cc2)c1. The minimum absolute atomic E-state index is 0.0562. The third kappa shape index (κ3) is 10.5. The van der Waals surface area contributed by atoms with Crippen molar-refractivity contribution >= 4 is 0 Å². The molecular formula is C57H56O11. The highest BCUT2D eigenvalue weighted by Gasteiger charge is 2.33.